The fourth-order valence-corrected chi connectivity index (χ4v) is 6.46. The zero-order chi connectivity index (χ0) is 27.8. The number of rotatable bonds is 8. The fourth-order valence-electron chi connectivity index (χ4n) is 6.46. The highest BCUT2D eigenvalue weighted by Gasteiger charge is 2.50. The number of hydrogen-bond acceptors (Lipinski definition) is 3. The summed E-state index contributed by atoms with van der Waals surface area (Å²) in [5.41, 5.74) is 4.61. The number of fused-ring (bicyclic) bond motifs is 1. The largest absolute Gasteiger partial charge is 0.481 e. The SMILES string of the molecule is C=C1CC[C@H](O)CC1=CC=C1CCC[C@]2(C)[C@@H]([C@H](C)C=C[C@H](C)C(C)C)CC[C@@H]12.O=C(O)CCC(=O)O. The summed E-state index contributed by atoms with van der Waals surface area (Å²) in [5, 5.41) is 25.8. The van der Waals surface area contributed by atoms with E-state index in [2.05, 4.69) is 65.5 Å². The third-order valence-electron chi connectivity index (χ3n) is 9.18. The highest BCUT2D eigenvalue weighted by molar-refractivity contribution is 5.75. The molecular weight excluding hydrogens is 464 g/mol. The Kier molecular flexibility index (Phi) is 11.9. The molecule has 0 heterocycles. The van der Waals surface area contributed by atoms with E-state index in [9.17, 15) is 14.7 Å². The molecule has 0 bridgehead atoms. The average molecular weight is 515 g/mol. The Bertz CT molecular complexity index is 881. The van der Waals surface area contributed by atoms with Gasteiger partial charge in [0, 0.05) is 0 Å². The summed E-state index contributed by atoms with van der Waals surface area (Å²) in [6.45, 7) is 16.3. The molecule has 37 heavy (non-hydrogen) atoms. The van der Waals surface area contributed by atoms with Gasteiger partial charge in [-0.05, 0) is 91.9 Å². The Hall–Kier alpha value is -2.14. The van der Waals surface area contributed by atoms with Gasteiger partial charge in [-0.2, -0.15) is 0 Å². The number of carboxylic acid groups (broad SMARTS) is 2. The van der Waals surface area contributed by atoms with E-state index in [-0.39, 0.29) is 18.9 Å². The van der Waals surface area contributed by atoms with Gasteiger partial charge in [-0.15, -0.1) is 0 Å². The molecule has 3 fully saturated rings. The van der Waals surface area contributed by atoms with Crippen molar-refractivity contribution in [3.63, 3.8) is 0 Å². The van der Waals surface area contributed by atoms with Gasteiger partial charge in [0.05, 0.1) is 18.9 Å². The summed E-state index contributed by atoms with van der Waals surface area (Å²) in [5.74, 6) is 1.42. The number of carbonyl (C=O) groups is 2. The molecule has 3 aliphatic rings. The van der Waals surface area contributed by atoms with Crippen molar-refractivity contribution in [2.75, 3.05) is 0 Å². The van der Waals surface area contributed by atoms with Gasteiger partial charge >= 0.3 is 11.9 Å². The van der Waals surface area contributed by atoms with Crippen molar-refractivity contribution in [2.45, 2.75) is 105 Å². The topological polar surface area (TPSA) is 94.8 Å². The van der Waals surface area contributed by atoms with Gasteiger partial charge in [-0.1, -0.05) is 76.6 Å². The van der Waals surface area contributed by atoms with Crippen molar-refractivity contribution >= 4 is 11.9 Å². The fraction of sp³-hybridized carbons (Fsp3) is 0.688. The number of hydrogen-bond donors (Lipinski definition) is 3. The molecule has 3 aliphatic carbocycles. The molecule has 5 heteroatoms. The van der Waals surface area contributed by atoms with Crippen molar-refractivity contribution < 1.29 is 24.9 Å². The van der Waals surface area contributed by atoms with Crippen molar-refractivity contribution in [2.24, 2.45) is 35.0 Å². The lowest BCUT2D eigenvalue weighted by Crippen LogP contribution is -2.35. The molecule has 0 unspecified atom stereocenters. The van der Waals surface area contributed by atoms with Crippen LogP contribution in [0.25, 0.3) is 0 Å². The van der Waals surface area contributed by atoms with Crippen LogP contribution in [0.1, 0.15) is 98.8 Å². The molecule has 0 aromatic carbocycles. The highest BCUT2D eigenvalue weighted by Crippen LogP contribution is 2.59. The van der Waals surface area contributed by atoms with Crippen LogP contribution in [0.15, 0.2) is 47.6 Å². The van der Waals surface area contributed by atoms with Crippen LogP contribution in [0, 0.1) is 35.0 Å². The molecule has 5 nitrogen and oxygen atoms in total. The van der Waals surface area contributed by atoms with Crippen LogP contribution in [-0.4, -0.2) is 33.4 Å². The number of carboxylic acids is 2. The van der Waals surface area contributed by atoms with Gasteiger partial charge in [0.25, 0.3) is 0 Å². The standard InChI is InChI=1S/C28H44O.C4H6O4/c1-19(2)20(3)9-10-22(5)26-15-16-27-23(8-7-17-28(26,27)6)12-13-24-18-25(29)14-11-21(24)4;5-3(6)1-2-4(7)8/h9-10,12-13,19-20,22,25-27,29H,4,7-8,11,14-18H2,1-3,5-6H3;1-2H2,(H,5,6)(H,7,8)/t20-,22+,25-,26+,27-,28+;/m0./s1. The molecule has 0 aliphatic heterocycles. The highest BCUT2D eigenvalue weighted by atomic mass is 16.4. The van der Waals surface area contributed by atoms with Gasteiger partial charge < -0.3 is 15.3 Å². The van der Waals surface area contributed by atoms with Gasteiger partial charge in [-0.3, -0.25) is 9.59 Å². The Morgan fingerprint density at radius 2 is 1.65 bits per heavy atom. The molecule has 3 rings (SSSR count). The Balaban J connectivity index is 0.000000521. The zero-order valence-electron chi connectivity index (χ0n) is 23.7. The van der Waals surface area contributed by atoms with Gasteiger partial charge in [0.15, 0.2) is 0 Å². The lowest BCUT2D eigenvalue weighted by atomic mass is 9.61. The minimum absolute atomic E-state index is 0.182. The van der Waals surface area contributed by atoms with Crippen LogP contribution in [-0.2, 0) is 9.59 Å². The second-order valence-electron chi connectivity index (χ2n) is 12.2. The van der Waals surface area contributed by atoms with E-state index in [0.29, 0.717) is 17.3 Å². The molecule has 0 amide bonds. The van der Waals surface area contributed by atoms with Gasteiger partial charge in [0.1, 0.15) is 0 Å². The summed E-state index contributed by atoms with van der Waals surface area (Å²) >= 11 is 0. The number of allylic oxidation sites excluding steroid dienone is 6. The second-order valence-corrected chi connectivity index (χ2v) is 12.2. The van der Waals surface area contributed by atoms with Gasteiger partial charge in [-0.25, -0.2) is 0 Å². The summed E-state index contributed by atoms with van der Waals surface area (Å²) < 4.78 is 0. The molecule has 3 N–H and O–H groups in total. The van der Waals surface area contributed by atoms with E-state index >= 15 is 0 Å². The van der Waals surface area contributed by atoms with Crippen LogP contribution in [0.3, 0.4) is 0 Å². The Morgan fingerprint density at radius 1 is 1.00 bits per heavy atom. The zero-order valence-corrected chi connectivity index (χ0v) is 23.7. The minimum Gasteiger partial charge on any atom is -0.481 e. The normalized spacial score (nSPS) is 31.8. The molecule has 0 radical (unpaired) electrons. The van der Waals surface area contributed by atoms with Crippen molar-refractivity contribution in [1.29, 1.82) is 0 Å². The second kappa shape index (κ2) is 14.1. The first-order chi connectivity index (χ1) is 17.3. The third-order valence-corrected chi connectivity index (χ3v) is 9.18. The predicted octanol–water partition coefficient (Wildman–Crippen LogP) is 7.58. The third kappa shape index (κ3) is 8.98. The molecular formula is C32H50O5. The maximum Gasteiger partial charge on any atom is 0.303 e. The van der Waals surface area contributed by atoms with E-state index < -0.39 is 11.9 Å². The first-order valence-electron chi connectivity index (χ1n) is 14.2. The Labute approximate surface area is 224 Å². The predicted molar refractivity (Wildman–Crippen MR) is 150 cm³/mol. The van der Waals surface area contributed by atoms with E-state index in [1.54, 1.807) is 5.57 Å². The molecule has 0 spiro atoms. The number of aliphatic hydroxyl groups is 1. The van der Waals surface area contributed by atoms with Crippen molar-refractivity contribution in [3.05, 3.63) is 47.6 Å². The lowest BCUT2D eigenvalue weighted by molar-refractivity contribution is -0.143. The van der Waals surface area contributed by atoms with Crippen molar-refractivity contribution in [1.82, 2.24) is 0 Å². The average Bonchev–Trinajstić information content (AvgIpc) is 3.19. The van der Waals surface area contributed by atoms with E-state index in [1.807, 2.05) is 0 Å². The maximum absolute atomic E-state index is 10.0. The van der Waals surface area contributed by atoms with E-state index in [0.717, 1.165) is 37.0 Å². The van der Waals surface area contributed by atoms with E-state index in [4.69, 9.17) is 10.2 Å². The van der Waals surface area contributed by atoms with Crippen LogP contribution >= 0.6 is 0 Å². The van der Waals surface area contributed by atoms with Crippen LogP contribution < -0.4 is 0 Å². The summed E-state index contributed by atoms with van der Waals surface area (Å²) in [7, 11) is 0. The summed E-state index contributed by atoms with van der Waals surface area (Å²) in [4.78, 5) is 19.3. The number of aliphatic carboxylic acids is 2. The Morgan fingerprint density at radius 3 is 2.24 bits per heavy atom. The van der Waals surface area contributed by atoms with Gasteiger partial charge in [0.2, 0.25) is 0 Å². The van der Waals surface area contributed by atoms with E-state index in [1.165, 1.54) is 43.3 Å². The summed E-state index contributed by atoms with van der Waals surface area (Å²) in [6, 6.07) is 0. The van der Waals surface area contributed by atoms with Crippen LogP contribution in [0.4, 0.5) is 0 Å². The molecule has 6 atom stereocenters. The summed E-state index contributed by atoms with van der Waals surface area (Å²) in [6.07, 6.45) is 18.2. The maximum atomic E-state index is 10.0. The number of aliphatic hydroxyl groups excluding tert-OH is 1. The molecule has 0 saturated heterocycles. The van der Waals surface area contributed by atoms with Crippen LogP contribution in [0.2, 0.25) is 0 Å². The lowest BCUT2D eigenvalue weighted by Gasteiger charge is -2.44. The van der Waals surface area contributed by atoms with Crippen molar-refractivity contribution in [3.8, 4) is 0 Å². The first kappa shape index (κ1) is 31.1. The quantitative estimate of drug-likeness (QED) is 0.290. The first-order valence-corrected chi connectivity index (χ1v) is 14.2. The molecule has 208 valence electrons. The van der Waals surface area contributed by atoms with Crippen LogP contribution in [0.5, 0.6) is 0 Å². The molecule has 0 aromatic heterocycles. The molecule has 3 saturated carbocycles. The molecule has 0 aromatic rings. The monoisotopic (exact) mass is 514 g/mol. The smallest absolute Gasteiger partial charge is 0.303 e. The minimum atomic E-state index is -1.08.